The van der Waals surface area contributed by atoms with Gasteiger partial charge in [-0.15, -0.1) is 11.8 Å². The second-order valence-electron chi connectivity index (χ2n) is 3.02. The van der Waals surface area contributed by atoms with Crippen LogP contribution in [0.3, 0.4) is 0 Å². The molecule has 64 valence electrons. The van der Waals surface area contributed by atoms with Gasteiger partial charge in [-0.1, -0.05) is 12.2 Å². The second-order valence-corrected chi connectivity index (χ2v) is 4.61. The topological polar surface area (TPSA) is 27.1 Å². The highest BCUT2D eigenvalue weighted by atomic mass is 32.2. The number of fused-ring (bicyclic) bond motifs is 1. The first-order chi connectivity index (χ1) is 5.70. The van der Waals surface area contributed by atoms with Crippen LogP contribution >= 0.6 is 24.0 Å². The molecule has 1 N–H and O–H groups in total. The SMILES string of the molecule is CN1C(=N)C=C2SCCC2C1=S. The van der Waals surface area contributed by atoms with Gasteiger partial charge < -0.3 is 4.90 Å². The molecule has 4 heteroatoms. The molecule has 0 amide bonds. The van der Waals surface area contributed by atoms with Crippen LogP contribution in [0.5, 0.6) is 0 Å². The van der Waals surface area contributed by atoms with Crippen LogP contribution in [-0.4, -0.2) is 28.5 Å². The first-order valence-corrected chi connectivity index (χ1v) is 5.30. The van der Waals surface area contributed by atoms with Gasteiger partial charge in [0.15, 0.2) is 0 Å². The van der Waals surface area contributed by atoms with Crippen LogP contribution in [0.15, 0.2) is 11.0 Å². The highest BCUT2D eigenvalue weighted by molar-refractivity contribution is 8.03. The Kier molecular flexibility index (Phi) is 1.96. The van der Waals surface area contributed by atoms with Gasteiger partial charge in [0.25, 0.3) is 0 Å². The zero-order valence-electron chi connectivity index (χ0n) is 6.83. The molecule has 0 spiro atoms. The van der Waals surface area contributed by atoms with E-state index in [9.17, 15) is 0 Å². The zero-order valence-corrected chi connectivity index (χ0v) is 8.47. The minimum Gasteiger partial charge on any atom is -0.324 e. The summed E-state index contributed by atoms with van der Waals surface area (Å²) < 4.78 is 0. The third-order valence-corrected chi connectivity index (χ3v) is 4.02. The van der Waals surface area contributed by atoms with E-state index >= 15 is 0 Å². The average Bonchev–Trinajstić information content (AvgIpc) is 2.48. The molecule has 2 aliphatic heterocycles. The number of nitrogens with one attached hydrogen (secondary N) is 1. The number of thioether (sulfide) groups is 1. The summed E-state index contributed by atoms with van der Waals surface area (Å²) in [6, 6.07) is 0. The summed E-state index contributed by atoms with van der Waals surface area (Å²) in [5.41, 5.74) is 0. The van der Waals surface area contributed by atoms with E-state index in [1.54, 1.807) is 4.90 Å². The summed E-state index contributed by atoms with van der Waals surface area (Å²) in [5, 5.41) is 7.63. The molecule has 0 saturated carbocycles. The Morgan fingerprint density at radius 2 is 2.50 bits per heavy atom. The lowest BCUT2D eigenvalue weighted by Crippen LogP contribution is -2.38. The number of hydrogen-bond acceptors (Lipinski definition) is 3. The normalized spacial score (nSPS) is 28.9. The number of thiocarbonyl (C=S) groups is 1. The van der Waals surface area contributed by atoms with Gasteiger partial charge in [0.2, 0.25) is 0 Å². The maximum Gasteiger partial charge on any atom is 0.126 e. The summed E-state index contributed by atoms with van der Waals surface area (Å²) in [6.45, 7) is 0. The molecule has 1 saturated heterocycles. The Labute approximate surface area is 81.5 Å². The van der Waals surface area contributed by atoms with Gasteiger partial charge in [0.05, 0.1) is 4.99 Å². The lowest BCUT2D eigenvalue weighted by molar-refractivity contribution is 0.672. The van der Waals surface area contributed by atoms with Gasteiger partial charge in [0.1, 0.15) is 5.84 Å². The van der Waals surface area contributed by atoms with Gasteiger partial charge in [0, 0.05) is 13.0 Å². The largest absolute Gasteiger partial charge is 0.324 e. The molecular weight excluding hydrogens is 188 g/mol. The third-order valence-electron chi connectivity index (χ3n) is 2.29. The molecule has 12 heavy (non-hydrogen) atoms. The minimum atomic E-state index is 0.434. The lowest BCUT2D eigenvalue weighted by Gasteiger charge is -2.28. The highest BCUT2D eigenvalue weighted by Gasteiger charge is 2.32. The van der Waals surface area contributed by atoms with Crippen molar-refractivity contribution >= 4 is 34.8 Å². The Bertz CT molecular complexity index is 283. The Hall–Kier alpha value is -0.350. The molecule has 0 aromatic heterocycles. The molecule has 1 unspecified atom stereocenters. The van der Waals surface area contributed by atoms with Crippen molar-refractivity contribution in [2.24, 2.45) is 5.92 Å². The predicted octanol–water partition coefficient (Wildman–Crippen LogP) is 1.87. The predicted molar refractivity (Wildman–Crippen MR) is 56.7 cm³/mol. The fourth-order valence-corrected chi connectivity index (χ4v) is 3.14. The molecule has 2 nitrogen and oxygen atoms in total. The Morgan fingerprint density at radius 3 is 3.25 bits per heavy atom. The smallest absolute Gasteiger partial charge is 0.126 e. The molecule has 0 radical (unpaired) electrons. The molecule has 2 rings (SSSR count). The van der Waals surface area contributed by atoms with Gasteiger partial charge in [-0.25, -0.2) is 0 Å². The zero-order chi connectivity index (χ0) is 8.72. The number of amidine groups is 1. The van der Waals surface area contributed by atoms with Crippen molar-refractivity contribution in [3.05, 3.63) is 11.0 Å². The standard InChI is InChI=1S/C8H10N2S2/c1-10-7(9)4-6-5(8(10)11)2-3-12-6/h4-5,9H,2-3H2,1H3. The molecule has 1 fully saturated rings. The summed E-state index contributed by atoms with van der Waals surface area (Å²) in [7, 11) is 1.88. The van der Waals surface area contributed by atoms with E-state index in [0.29, 0.717) is 11.8 Å². The average molecular weight is 198 g/mol. The van der Waals surface area contributed by atoms with E-state index in [1.807, 2.05) is 24.9 Å². The fourth-order valence-electron chi connectivity index (χ4n) is 1.51. The first kappa shape index (κ1) is 8.26. The van der Waals surface area contributed by atoms with E-state index in [2.05, 4.69) is 0 Å². The van der Waals surface area contributed by atoms with E-state index < -0.39 is 0 Å². The van der Waals surface area contributed by atoms with Crippen molar-refractivity contribution < 1.29 is 0 Å². The van der Waals surface area contributed by atoms with Crippen molar-refractivity contribution in [2.45, 2.75) is 6.42 Å². The Balaban J connectivity index is 2.38. The molecule has 0 aromatic carbocycles. The van der Waals surface area contributed by atoms with Crippen LogP contribution in [0, 0.1) is 11.3 Å². The monoisotopic (exact) mass is 198 g/mol. The molecule has 1 atom stereocenters. The van der Waals surface area contributed by atoms with E-state index in [0.717, 1.165) is 17.2 Å². The summed E-state index contributed by atoms with van der Waals surface area (Å²) in [5.74, 6) is 2.11. The minimum absolute atomic E-state index is 0.434. The first-order valence-electron chi connectivity index (χ1n) is 3.90. The van der Waals surface area contributed by atoms with Crippen LogP contribution in [0.4, 0.5) is 0 Å². The number of nitrogens with zero attached hydrogens (tertiary/aromatic N) is 1. The van der Waals surface area contributed by atoms with Gasteiger partial charge in [-0.05, 0) is 23.2 Å². The van der Waals surface area contributed by atoms with E-state index in [1.165, 1.54) is 4.91 Å². The Morgan fingerprint density at radius 1 is 1.75 bits per heavy atom. The van der Waals surface area contributed by atoms with Gasteiger partial charge in [-0.3, -0.25) is 5.41 Å². The third kappa shape index (κ3) is 1.10. The molecule has 2 heterocycles. The lowest BCUT2D eigenvalue weighted by atomic mass is 10.0. The van der Waals surface area contributed by atoms with Crippen LogP contribution in [0.25, 0.3) is 0 Å². The van der Waals surface area contributed by atoms with Crippen molar-refractivity contribution in [3.63, 3.8) is 0 Å². The van der Waals surface area contributed by atoms with Crippen molar-refractivity contribution in [1.82, 2.24) is 4.90 Å². The number of rotatable bonds is 0. The number of hydrogen-bond donors (Lipinski definition) is 1. The maximum atomic E-state index is 7.63. The van der Waals surface area contributed by atoms with E-state index in [4.69, 9.17) is 17.6 Å². The highest BCUT2D eigenvalue weighted by Crippen LogP contribution is 2.39. The molecule has 2 aliphatic rings. The summed E-state index contributed by atoms with van der Waals surface area (Å²) >= 11 is 7.12. The van der Waals surface area contributed by atoms with Crippen molar-refractivity contribution in [1.29, 1.82) is 5.41 Å². The van der Waals surface area contributed by atoms with Crippen LogP contribution in [-0.2, 0) is 0 Å². The van der Waals surface area contributed by atoms with Crippen LogP contribution in [0.2, 0.25) is 0 Å². The van der Waals surface area contributed by atoms with Crippen molar-refractivity contribution in [2.75, 3.05) is 12.8 Å². The quantitative estimate of drug-likeness (QED) is 0.602. The van der Waals surface area contributed by atoms with Gasteiger partial charge >= 0.3 is 0 Å². The molecular formula is C8H10N2S2. The van der Waals surface area contributed by atoms with Crippen LogP contribution < -0.4 is 0 Å². The molecule has 0 bridgehead atoms. The van der Waals surface area contributed by atoms with E-state index in [-0.39, 0.29) is 0 Å². The number of likely N-dealkylation sites (N-methyl/N-ethyl adjacent to an activating group) is 1. The molecule has 0 aromatic rings. The summed E-state index contributed by atoms with van der Waals surface area (Å²) in [4.78, 5) is 4.01. The van der Waals surface area contributed by atoms with Gasteiger partial charge in [-0.2, -0.15) is 0 Å². The van der Waals surface area contributed by atoms with Crippen LogP contribution in [0.1, 0.15) is 6.42 Å². The summed E-state index contributed by atoms with van der Waals surface area (Å²) in [6.07, 6.45) is 3.09. The fraction of sp³-hybridized carbons (Fsp3) is 0.500. The van der Waals surface area contributed by atoms with Crippen molar-refractivity contribution in [3.8, 4) is 0 Å². The molecule has 0 aliphatic carbocycles. The maximum absolute atomic E-state index is 7.63. The second kappa shape index (κ2) is 2.85.